The maximum Gasteiger partial charge on any atom is 0.291 e. The minimum absolute atomic E-state index is 0.148. The molecule has 1 amide bonds. The van der Waals surface area contributed by atoms with Crippen molar-refractivity contribution in [3.05, 3.63) is 11.6 Å². The Hall–Kier alpha value is -1.39. The normalized spacial score (nSPS) is 24.6. The van der Waals surface area contributed by atoms with Crippen molar-refractivity contribution in [2.24, 2.45) is 5.92 Å². The Bertz CT molecular complexity index is 401. The number of aromatic amines is 1. The monoisotopic (exact) mass is 250 g/mol. The number of aryl methyl sites for hydroxylation is 1. The summed E-state index contributed by atoms with van der Waals surface area (Å²) in [5.74, 6) is 1.42. The van der Waals surface area contributed by atoms with Crippen LogP contribution < -0.4 is 5.32 Å². The number of H-pyrrole nitrogens is 1. The molecule has 5 heteroatoms. The molecular weight excluding hydrogens is 228 g/mol. The predicted molar refractivity (Wildman–Crippen MR) is 69.3 cm³/mol. The van der Waals surface area contributed by atoms with Crippen molar-refractivity contribution in [3.63, 3.8) is 0 Å². The standard InChI is InChI=1S/C13H22N4O/c1-3-11-15-12(17-16-11)13(18)14-10-8-6-4-5-7-9(10)2/h9-10H,3-8H2,1-2H3,(H,14,18)(H,15,16,17). The zero-order valence-corrected chi connectivity index (χ0v) is 11.2. The summed E-state index contributed by atoms with van der Waals surface area (Å²) in [7, 11) is 0. The maximum atomic E-state index is 12.0. The van der Waals surface area contributed by atoms with Crippen LogP contribution in [0.5, 0.6) is 0 Å². The molecule has 2 atom stereocenters. The third-order valence-electron chi connectivity index (χ3n) is 3.75. The molecule has 5 nitrogen and oxygen atoms in total. The summed E-state index contributed by atoms with van der Waals surface area (Å²) < 4.78 is 0. The lowest BCUT2D eigenvalue weighted by molar-refractivity contribution is 0.0911. The van der Waals surface area contributed by atoms with Gasteiger partial charge in [-0.15, -0.1) is 5.10 Å². The predicted octanol–water partition coefficient (Wildman–Crippen LogP) is 2.07. The molecule has 2 N–H and O–H groups in total. The van der Waals surface area contributed by atoms with Crippen molar-refractivity contribution < 1.29 is 4.79 Å². The van der Waals surface area contributed by atoms with Crippen LogP contribution in [-0.2, 0) is 6.42 Å². The largest absolute Gasteiger partial charge is 0.346 e. The molecule has 1 aromatic rings. The fraction of sp³-hybridized carbons (Fsp3) is 0.769. The lowest BCUT2D eigenvalue weighted by Gasteiger charge is -2.21. The van der Waals surface area contributed by atoms with E-state index in [0.717, 1.165) is 18.7 Å². The fourth-order valence-electron chi connectivity index (χ4n) is 2.50. The Kier molecular flexibility index (Phi) is 4.33. The van der Waals surface area contributed by atoms with Crippen LogP contribution in [0.2, 0.25) is 0 Å². The van der Waals surface area contributed by atoms with Crippen LogP contribution in [0.4, 0.5) is 0 Å². The Balaban J connectivity index is 1.97. The molecule has 0 bridgehead atoms. The molecule has 2 rings (SSSR count). The Labute approximate surface area is 108 Å². The van der Waals surface area contributed by atoms with Gasteiger partial charge in [-0.2, -0.15) is 0 Å². The number of rotatable bonds is 3. The second-order valence-electron chi connectivity index (χ2n) is 5.15. The highest BCUT2D eigenvalue weighted by Gasteiger charge is 2.23. The summed E-state index contributed by atoms with van der Waals surface area (Å²) in [6.45, 7) is 4.20. The van der Waals surface area contributed by atoms with Gasteiger partial charge < -0.3 is 5.32 Å². The van der Waals surface area contributed by atoms with Crippen LogP contribution in [0.15, 0.2) is 0 Å². The Morgan fingerprint density at radius 3 is 2.89 bits per heavy atom. The van der Waals surface area contributed by atoms with Crippen molar-refractivity contribution in [3.8, 4) is 0 Å². The number of nitrogens with one attached hydrogen (secondary N) is 2. The lowest BCUT2D eigenvalue weighted by atomic mass is 9.97. The van der Waals surface area contributed by atoms with Crippen molar-refractivity contribution in [1.29, 1.82) is 0 Å². The Morgan fingerprint density at radius 2 is 2.17 bits per heavy atom. The SMILES string of the molecule is CCc1nc(C(=O)NC2CCCCCC2C)n[nH]1. The number of carbonyl (C=O) groups excluding carboxylic acids is 1. The topological polar surface area (TPSA) is 70.7 Å². The summed E-state index contributed by atoms with van der Waals surface area (Å²) >= 11 is 0. The van der Waals surface area contributed by atoms with Gasteiger partial charge in [-0.05, 0) is 18.8 Å². The van der Waals surface area contributed by atoms with E-state index in [0.29, 0.717) is 5.92 Å². The summed E-state index contributed by atoms with van der Waals surface area (Å²) in [5.41, 5.74) is 0. The molecule has 0 spiro atoms. The lowest BCUT2D eigenvalue weighted by Crippen LogP contribution is -2.39. The molecule has 100 valence electrons. The van der Waals surface area contributed by atoms with Gasteiger partial charge in [0.05, 0.1) is 0 Å². The van der Waals surface area contributed by atoms with Gasteiger partial charge in [0.1, 0.15) is 5.82 Å². The van der Waals surface area contributed by atoms with Crippen molar-refractivity contribution in [2.75, 3.05) is 0 Å². The molecular formula is C13H22N4O. The first kappa shape index (κ1) is 13.1. The highest BCUT2D eigenvalue weighted by Crippen LogP contribution is 2.23. The highest BCUT2D eigenvalue weighted by molar-refractivity contribution is 5.90. The number of hydrogen-bond acceptors (Lipinski definition) is 3. The van der Waals surface area contributed by atoms with E-state index >= 15 is 0 Å². The number of hydrogen-bond donors (Lipinski definition) is 2. The van der Waals surface area contributed by atoms with Gasteiger partial charge in [0, 0.05) is 12.5 Å². The average Bonchev–Trinajstić information content (AvgIpc) is 2.77. The van der Waals surface area contributed by atoms with Gasteiger partial charge in [0.15, 0.2) is 0 Å². The highest BCUT2D eigenvalue weighted by atomic mass is 16.2. The second-order valence-corrected chi connectivity index (χ2v) is 5.15. The molecule has 18 heavy (non-hydrogen) atoms. The van der Waals surface area contributed by atoms with Crippen LogP contribution >= 0.6 is 0 Å². The molecule has 1 heterocycles. The summed E-state index contributed by atoms with van der Waals surface area (Å²) in [5, 5.41) is 9.81. The quantitative estimate of drug-likeness (QED) is 0.807. The first-order valence-electron chi connectivity index (χ1n) is 6.93. The average molecular weight is 250 g/mol. The van der Waals surface area contributed by atoms with Gasteiger partial charge in [0.2, 0.25) is 5.82 Å². The first-order valence-corrected chi connectivity index (χ1v) is 6.93. The molecule has 0 radical (unpaired) electrons. The van der Waals surface area contributed by atoms with Crippen molar-refractivity contribution >= 4 is 5.91 Å². The van der Waals surface area contributed by atoms with E-state index in [1.54, 1.807) is 0 Å². The van der Waals surface area contributed by atoms with Crippen molar-refractivity contribution in [1.82, 2.24) is 20.5 Å². The zero-order chi connectivity index (χ0) is 13.0. The van der Waals surface area contributed by atoms with Crippen molar-refractivity contribution in [2.45, 2.75) is 58.4 Å². The van der Waals surface area contributed by atoms with Gasteiger partial charge in [-0.1, -0.05) is 33.1 Å². The van der Waals surface area contributed by atoms with E-state index < -0.39 is 0 Å². The van der Waals surface area contributed by atoms with Gasteiger partial charge in [-0.25, -0.2) is 4.98 Å². The Morgan fingerprint density at radius 1 is 1.39 bits per heavy atom. The van der Waals surface area contributed by atoms with Crippen LogP contribution in [0.1, 0.15) is 62.4 Å². The van der Waals surface area contributed by atoms with E-state index in [9.17, 15) is 4.79 Å². The molecule has 1 aromatic heterocycles. The molecule has 1 saturated carbocycles. The summed E-state index contributed by atoms with van der Waals surface area (Å²) in [4.78, 5) is 16.2. The molecule has 2 unspecified atom stereocenters. The minimum Gasteiger partial charge on any atom is -0.346 e. The molecule has 0 aromatic carbocycles. The van der Waals surface area contributed by atoms with Crippen LogP contribution in [0.3, 0.4) is 0 Å². The van der Waals surface area contributed by atoms with Crippen LogP contribution in [0, 0.1) is 5.92 Å². The van der Waals surface area contributed by atoms with Crippen LogP contribution in [-0.4, -0.2) is 27.1 Å². The number of amides is 1. The molecule has 1 aliphatic carbocycles. The molecule has 0 aliphatic heterocycles. The van der Waals surface area contributed by atoms with Gasteiger partial charge in [0.25, 0.3) is 5.91 Å². The number of carbonyl (C=O) groups is 1. The molecule has 1 aliphatic rings. The number of aromatic nitrogens is 3. The third kappa shape index (κ3) is 3.09. The summed E-state index contributed by atoms with van der Waals surface area (Å²) in [6.07, 6.45) is 6.77. The summed E-state index contributed by atoms with van der Waals surface area (Å²) in [6, 6.07) is 0.267. The second kappa shape index (κ2) is 5.98. The van der Waals surface area contributed by atoms with Gasteiger partial charge >= 0.3 is 0 Å². The van der Waals surface area contributed by atoms with E-state index in [1.807, 2.05) is 6.92 Å². The van der Waals surface area contributed by atoms with E-state index in [1.165, 1.54) is 25.7 Å². The first-order chi connectivity index (χ1) is 8.70. The molecule has 1 fully saturated rings. The van der Waals surface area contributed by atoms with Gasteiger partial charge in [-0.3, -0.25) is 9.89 Å². The fourth-order valence-corrected chi connectivity index (χ4v) is 2.50. The smallest absolute Gasteiger partial charge is 0.291 e. The number of nitrogens with zero attached hydrogens (tertiary/aromatic N) is 2. The van der Waals surface area contributed by atoms with E-state index in [2.05, 4.69) is 27.4 Å². The minimum atomic E-state index is -0.148. The van der Waals surface area contributed by atoms with E-state index in [-0.39, 0.29) is 17.8 Å². The van der Waals surface area contributed by atoms with Crippen LogP contribution in [0.25, 0.3) is 0 Å². The maximum absolute atomic E-state index is 12.0. The third-order valence-corrected chi connectivity index (χ3v) is 3.75. The van der Waals surface area contributed by atoms with E-state index in [4.69, 9.17) is 0 Å². The molecule has 0 saturated heterocycles. The zero-order valence-electron chi connectivity index (χ0n) is 11.2.